The van der Waals surface area contributed by atoms with Gasteiger partial charge in [-0.3, -0.25) is 4.79 Å². The average molecular weight is 359 g/mol. The number of hydrogen-bond acceptors (Lipinski definition) is 2. The molecule has 0 heterocycles. The molecule has 1 aliphatic rings. The van der Waals surface area contributed by atoms with Gasteiger partial charge in [0.2, 0.25) is 5.91 Å². The van der Waals surface area contributed by atoms with Gasteiger partial charge in [-0.25, -0.2) is 8.78 Å². The van der Waals surface area contributed by atoms with Gasteiger partial charge in [0.15, 0.2) is 11.6 Å². The minimum Gasteiger partial charge on any atom is -0.389 e. The smallest absolute Gasteiger partial charge is 0.230 e. The molecule has 0 aromatic heterocycles. The van der Waals surface area contributed by atoms with E-state index >= 15 is 0 Å². The zero-order valence-corrected chi connectivity index (χ0v) is 14.7. The molecule has 3 nitrogen and oxygen atoms in total. The summed E-state index contributed by atoms with van der Waals surface area (Å²) < 4.78 is 27.0. The summed E-state index contributed by atoms with van der Waals surface area (Å²) >= 11 is 0. The fourth-order valence-electron chi connectivity index (χ4n) is 3.69. The summed E-state index contributed by atoms with van der Waals surface area (Å²) in [6, 6.07) is 13.8. The molecule has 1 aliphatic carbocycles. The van der Waals surface area contributed by atoms with Crippen molar-refractivity contribution in [2.24, 2.45) is 5.92 Å². The molecule has 26 heavy (non-hydrogen) atoms. The Hall–Kier alpha value is -2.27. The van der Waals surface area contributed by atoms with Gasteiger partial charge in [0.1, 0.15) is 0 Å². The number of hydrogen-bond donors (Lipinski definition) is 2. The Morgan fingerprint density at radius 3 is 2.42 bits per heavy atom. The first-order valence-electron chi connectivity index (χ1n) is 8.93. The standard InChI is InChI=1S/C21H23F2NO2/c1-14(20(25)24-18-9-5-8-17(22)19(18)23)21(26)12-10-16(11-13-21)15-6-3-2-4-7-15/h2-9,14,16,26H,10-13H2,1H3,(H,24,25). The van der Waals surface area contributed by atoms with Crippen LogP contribution in [0, 0.1) is 17.6 Å². The van der Waals surface area contributed by atoms with Crippen molar-refractivity contribution >= 4 is 11.6 Å². The van der Waals surface area contributed by atoms with Crippen LogP contribution in [0.15, 0.2) is 48.5 Å². The maximum Gasteiger partial charge on any atom is 0.230 e. The van der Waals surface area contributed by atoms with E-state index in [1.165, 1.54) is 17.7 Å². The number of carbonyl (C=O) groups is 1. The normalized spacial score (nSPS) is 24.1. The largest absolute Gasteiger partial charge is 0.389 e. The van der Waals surface area contributed by atoms with Gasteiger partial charge in [-0.1, -0.05) is 43.3 Å². The predicted octanol–water partition coefficient (Wildman–Crippen LogP) is 4.63. The first-order valence-corrected chi connectivity index (χ1v) is 8.93. The van der Waals surface area contributed by atoms with Crippen molar-refractivity contribution in [1.29, 1.82) is 0 Å². The minimum absolute atomic E-state index is 0.205. The molecule has 0 aliphatic heterocycles. The molecule has 0 radical (unpaired) electrons. The van der Waals surface area contributed by atoms with Crippen LogP contribution in [0.5, 0.6) is 0 Å². The summed E-state index contributed by atoms with van der Waals surface area (Å²) in [5.41, 5.74) is -0.101. The molecule has 5 heteroatoms. The number of rotatable bonds is 4. The molecule has 1 unspecified atom stereocenters. The molecule has 1 amide bonds. The summed E-state index contributed by atoms with van der Waals surface area (Å²) in [5.74, 6) is -2.96. The van der Waals surface area contributed by atoms with E-state index in [0.29, 0.717) is 18.8 Å². The molecule has 1 fully saturated rings. The second kappa shape index (κ2) is 7.54. The van der Waals surface area contributed by atoms with Gasteiger partial charge >= 0.3 is 0 Å². The van der Waals surface area contributed by atoms with E-state index in [9.17, 15) is 18.7 Å². The molecule has 0 saturated heterocycles. The van der Waals surface area contributed by atoms with Crippen molar-refractivity contribution in [2.45, 2.75) is 44.1 Å². The summed E-state index contributed by atoms with van der Waals surface area (Å²) in [6.45, 7) is 1.63. The highest BCUT2D eigenvalue weighted by molar-refractivity contribution is 5.93. The van der Waals surface area contributed by atoms with Gasteiger partial charge in [0.25, 0.3) is 0 Å². The van der Waals surface area contributed by atoms with Crippen LogP contribution in [0.1, 0.15) is 44.1 Å². The molecule has 1 saturated carbocycles. The van der Waals surface area contributed by atoms with E-state index in [0.717, 1.165) is 18.9 Å². The molecule has 2 aromatic carbocycles. The van der Waals surface area contributed by atoms with Crippen LogP contribution in [0.2, 0.25) is 0 Å². The van der Waals surface area contributed by atoms with Gasteiger partial charge in [-0.05, 0) is 49.3 Å². The Labute approximate surface area is 152 Å². The van der Waals surface area contributed by atoms with Crippen molar-refractivity contribution in [3.05, 3.63) is 65.7 Å². The fraction of sp³-hybridized carbons (Fsp3) is 0.381. The van der Waals surface area contributed by atoms with Gasteiger partial charge < -0.3 is 10.4 Å². The third-order valence-corrected chi connectivity index (χ3v) is 5.53. The lowest BCUT2D eigenvalue weighted by Gasteiger charge is -2.39. The van der Waals surface area contributed by atoms with Crippen LogP contribution >= 0.6 is 0 Å². The van der Waals surface area contributed by atoms with E-state index in [1.807, 2.05) is 18.2 Å². The number of aliphatic hydroxyl groups is 1. The minimum atomic E-state index is -1.14. The molecule has 3 rings (SSSR count). The van der Waals surface area contributed by atoms with Gasteiger partial charge in [0, 0.05) is 0 Å². The lowest BCUT2D eigenvalue weighted by molar-refractivity contribution is -0.131. The fourth-order valence-corrected chi connectivity index (χ4v) is 3.69. The van der Waals surface area contributed by atoms with Crippen molar-refractivity contribution in [1.82, 2.24) is 0 Å². The first-order chi connectivity index (χ1) is 12.4. The number of amides is 1. The summed E-state index contributed by atoms with van der Waals surface area (Å²) in [4.78, 5) is 12.5. The first kappa shape index (κ1) is 18.5. The van der Waals surface area contributed by atoms with Crippen LogP contribution in [0.25, 0.3) is 0 Å². The monoisotopic (exact) mass is 359 g/mol. The van der Waals surface area contributed by atoms with E-state index < -0.39 is 29.1 Å². The third kappa shape index (κ3) is 3.78. The Kier molecular flexibility index (Phi) is 5.37. The molecule has 0 spiro atoms. The highest BCUT2D eigenvalue weighted by atomic mass is 19.2. The predicted molar refractivity (Wildman–Crippen MR) is 96.8 cm³/mol. The van der Waals surface area contributed by atoms with Crippen LogP contribution in [-0.2, 0) is 4.79 Å². The topological polar surface area (TPSA) is 49.3 Å². The Morgan fingerprint density at radius 1 is 1.12 bits per heavy atom. The Bertz CT molecular complexity index is 771. The lowest BCUT2D eigenvalue weighted by atomic mass is 9.71. The van der Waals surface area contributed by atoms with Crippen molar-refractivity contribution in [2.75, 3.05) is 5.32 Å². The molecule has 138 valence electrons. The summed E-state index contributed by atoms with van der Waals surface area (Å²) in [6.07, 6.45) is 2.55. The molecular weight excluding hydrogens is 336 g/mol. The van der Waals surface area contributed by atoms with Gasteiger partial charge in [-0.2, -0.15) is 0 Å². The van der Waals surface area contributed by atoms with Crippen LogP contribution in [0.3, 0.4) is 0 Å². The average Bonchev–Trinajstić information content (AvgIpc) is 2.66. The van der Waals surface area contributed by atoms with Crippen molar-refractivity contribution in [3.8, 4) is 0 Å². The van der Waals surface area contributed by atoms with Crippen LogP contribution in [0.4, 0.5) is 14.5 Å². The van der Waals surface area contributed by atoms with E-state index in [1.54, 1.807) is 6.92 Å². The SMILES string of the molecule is CC(C(=O)Nc1cccc(F)c1F)C1(O)CCC(c2ccccc2)CC1. The maximum absolute atomic E-state index is 13.7. The van der Waals surface area contributed by atoms with Gasteiger partial charge in [-0.15, -0.1) is 0 Å². The zero-order chi connectivity index (χ0) is 18.7. The Balaban J connectivity index is 1.65. The molecule has 1 atom stereocenters. The second-order valence-electron chi connectivity index (χ2n) is 7.10. The third-order valence-electron chi connectivity index (χ3n) is 5.53. The number of carbonyl (C=O) groups excluding carboxylic acids is 1. The summed E-state index contributed by atoms with van der Waals surface area (Å²) in [5, 5.41) is 13.4. The molecular formula is C21H23F2NO2. The van der Waals surface area contributed by atoms with Crippen LogP contribution in [-0.4, -0.2) is 16.6 Å². The second-order valence-corrected chi connectivity index (χ2v) is 7.10. The van der Waals surface area contributed by atoms with Crippen LogP contribution < -0.4 is 5.32 Å². The molecule has 2 aromatic rings. The van der Waals surface area contributed by atoms with Crippen molar-refractivity contribution in [3.63, 3.8) is 0 Å². The quantitative estimate of drug-likeness (QED) is 0.836. The molecule has 2 N–H and O–H groups in total. The van der Waals surface area contributed by atoms with E-state index in [4.69, 9.17) is 0 Å². The molecule has 0 bridgehead atoms. The highest BCUT2D eigenvalue weighted by Crippen LogP contribution is 2.41. The zero-order valence-electron chi connectivity index (χ0n) is 14.7. The van der Waals surface area contributed by atoms with Crippen molar-refractivity contribution < 1.29 is 18.7 Å². The van der Waals surface area contributed by atoms with Gasteiger partial charge in [0.05, 0.1) is 17.2 Å². The van der Waals surface area contributed by atoms with E-state index in [-0.39, 0.29) is 5.69 Å². The maximum atomic E-state index is 13.7. The summed E-state index contributed by atoms with van der Waals surface area (Å²) in [7, 11) is 0. The number of halogens is 2. The van der Waals surface area contributed by atoms with E-state index in [2.05, 4.69) is 17.4 Å². The highest BCUT2D eigenvalue weighted by Gasteiger charge is 2.41. The lowest BCUT2D eigenvalue weighted by Crippen LogP contribution is -2.45. The Morgan fingerprint density at radius 2 is 1.77 bits per heavy atom. The number of benzene rings is 2. The number of anilines is 1. The number of nitrogens with one attached hydrogen (secondary N) is 1.